The third kappa shape index (κ3) is 2.54. The van der Waals surface area contributed by atoms with Gasteiger partial charge < -0.3 is 5.32 Å². The predicted molar refractivity (Wildman–Crippen MR) is 57.4 cm³/mol. The van der Waals surface area contributed by atoms with Crippen LogP contribution in [0.5, 0.6) is 0 Å². The average Bonchev–Trinajstić information content (AvgIpc) is 2.31. The lowest BCUT2D eigenvalue weighted by atomic mass is 10.1. The molecule has 16 heavy (non-hydrogen) atoms. The second-order valence-electron chi connectivity index (χ2n) is 3.82. The Balaban J connectivity index is 2.16. The highest BCUT2D eigenvalue weighted by molar-refractivity contribution is 5.10. The van der Waals surface area contributed by atoms with Crippen LogP contribution in [0.25, 0.3) is 0 Å². The average molecular weight is 227 g/mol. The van der Waals surface area contributed by atoms with Gasteiger partial charge in [-0.1, -0.05) is 6.07 Å². The van der Waals surface area contributed by atoms with Crippen LogP contribution < -0.4 is 5.32 Å². The first-order valence-corrected chi connectivity index (χ1v) is 5.43. The molecule has 0 spiro atoms. The van der Waals surface area contributed by atoms with Crippen LogP contribution in [0.15, 0.2) is 24.4 Å². The summed E-state index contributed by atoms with van der Waals surface area (Å²) in [6.07, 6.45) is -0.833. The molecule has 0 bridgehead atoms. The van der Waals surface area contributed by atoms with Gasteiger partial charge in [0.25, 0.3) is 6.43 Å². The lowest BCUT2D eigenvalue weighted by Crippen LogP contribution is -2.47. The molecule has 1 N–H and O–H groups in total. The quantitative estimate of drug-likeness (QED) is 0.843. The number of nitrogens with zero attached hydrogens (tertiary/aromatic N) is 2. The number of hydrogen-bond donors (Lipinski definition) is 1. The van der Waals surface area contributed by atoms with Crippen LogP contribution in [0.4, 0.5) is 8.78 Å². The molecule has 1 fully saturated rings. The molecule has 0 saturated carbocycles. The van der Waals surface area contributed by atoms with Crippen LogP contribution in [0, 0.1) is 0 Å². The fourth-order valence-electron chi connectivity index (χ4n) is 1.99. The minimum atomic E-state index is -2.40. The van der Waals surface area contributed by atoms with E-state index in [2.05, 4.69) is 10.3 Å². The Morgan fingerprint density at radius 3 is 2.56 bits per heavy atom. The number of aromatic nitrogens is 1. The Kier molecular flexibility index (Phi) is 3.79. The minimum absolute atomic E-state index is 0.458. The number of pyridine rings is 1. The largest absolute Gasteiger partial charge is 0.314 e. The van der Waals surface area contributed by atoms with Gasteiger partial charge in [-0.05, 0) is 12.1 Å². The summed E-state index contributed by atoms with van der Waals surface area (Å²) >= 11 is 0. The fourth-order valence-corrected chi connectivity index (χ4v) is 1.99. The predicted octanol–water partition coefficient (Wildman–Crippen LogP) is 1.29. The van der Waals surface area contributed by atoms with Gasteiger partial charge >= 0.3 is 0 Å². The van der Waals surface area contributed by atoms with Crippen molar-refractivity contribution in [3.63, 3.8) is 0 Å². The Morgan fingerprint density at radius 1 is 1.25 bits per heavy atom. The van der Waals surface area contributed by atoms with Gasteiger partial charge in [-0.25, -0.2) is 8.78 Å². The summed E-state index contributed by atoms with van der Waals surface area (Å²) in [5.41, 5.74) is 0.458. The second kappa shape index (κ2) is 5.32. The zero-order chi connectivity index (χ0) is 11.4. The Bertz CT molecular complexity index is 312. The summed E-state index contributed by atoms with van der Waals surface area (Å²) in [5, 5.41) is 3.15. The summed E-state index contributed by atoms with van der Waals surface area (Å²) in [7, 11) is 0. The molecule has 5 heteroatoms. The van der Waals surface area contributed by atoms with E-state index in [0.717, 1.165) is 13.1 Å². The van der Waals surface area contributed by atoms with E-state index in [9.17, 15) is 8.78 Å². The third-order valence-electron chi connectivity index (χ3n) is 2.77. The normalized spacial score (nSPS) is 19.9. The van der Waals surface area contributed by atoms with Crippen molar-refractivity contribution in [1.82, 2.24) is 15.2 Å². The molecule has 1 aliphatic rings. The number of nitrogens with one attached hydrogen (secondary N) is 1. The van der Waals surface area contributed by atoms with Crippen LogP contribution >= 0.6 is 0 Å². The van der Waals surface area contributed by atoms with Gasteiger partial charge in [0.1, 0.15) is 6.04 Å². The van der Waals surface area contributed by atoms with Crippen molar-refractivity contribution in [3.05, 3.63) is 30.1 Å². The highest BCUT2D eigenvalue weighted by atomic mass is 19.3. The molecule has 3 nitrogen and oxygen atoms in total. The van der Waals surface area contributed by atoms with Crippen molar-refractivity contribution in [2.75, 3.05) is 26.2 Å². The topological polar surface area (TPSA) is 28.2 Å². The van der Waals surface area contributed by atoms with Crippen LogP contribution in [0.3, 0.4) is 0 Å². The van der Waals surface area contributed by atoms with Crippen LogP contribution in [0.2, 0.25) is 0 Å². The van der Waals surface area contributed by atoms with E-state index in [-0.39, 0.29) is 0 Å². The van der Waals surface area contributed by atoms with Crippen molar-refractivity contribution in [3.8, 4) is 0 Å². The fraction of sp³-hybridized carbons (Fsp3) is 0.545. The van der Waals surface area contributed by atoms with Crippen molar-refractivity contribution >= 4 is 0 Å². The molecule has 1 aromatic rings. The van der Waals surface area contributed by atoms with E-state index in [1.54, 1.807) is 29.3 Å². The number of halogens is 2. The van der Waals surface area contributed by atoms with Crippen LogP contribution in [-0.4, -0.2) is 42.5 Å². The molecular weight excluding hydrogens is 212 g/mol. The molecule has 2 heterocycles. The monoisotopic (exact) mass is 227 g/mol. The molecule has 0 aliphatic carbocycles. The summed E-state index contributed by atoms with van der Waals surface area (Å²) in [6.45, 7) is 2.81. The number of hydrogen-bond acceptors (Lipinski definition) is 3. The first kappa shape index (κ1) is 11.4. The maximum atomic E-state index is 13.1. The smallest absolute Gasteiger partial charge is 0.259 e. The molecule has 2 rings (SSSR count). The Hall–Kier alpha value is -1.07. The van der Waals surface area contributed by atoms with Crippen molar-refractivity contribution in [2.24, 2.45) is 0 Å². The molecule has 0 unspecified atom stereocenters. The van der Waals surface area contributed by atoms with Crippen LogP contribution in [0.1, 0.15) is 11.7 Å². The lowest BCUT2D eigenvalue weighted by molar-refractivity contribution is 0.0160. The molecule has 0 aromatic carbocycles. The highest BCUT2D eigenvalue weighted by Crippen LogP contribution is 2.25. The van der Waals surface area contributed by atoms with Gasteiger partial charge in [0.2, 0.25) is 0 Å². The van der Waals surface area contributed by atoms with Crippen molar-refractivity contribution < 1.29 is 8.78 Å². The maximum absolute atomic E-state index is 13.1. The first-order chi connectivity index (χ1) is 7.79. The SMILES string of the molecule is FC(F)[C@H](c1ccccn1)N1CCNCC1. The lowest BCUT2D eigenvalue weighted by Gasteiger charge is -2.33. The Labute approximate surface area is 93.5 Å². The summed E-state index contributed by atoms with van der Waals surface area (Å²) in [6, 6.07) is 4.28. The zero-order valence-electron chi connectivity index (χ0n) is 8.94. The van der Waals surface area contributed by atoms with Crippen molar-refractivity contribution in [1.29, 1.82) is 0 Å². The minimum Gasteiger partial charge on any atom is -0.314 e. The molecular formula is C11H15F2N3. The first-order valence-electron chi connectivity index (χ1n) is 5.43. The molecule has 88 valence electrons. The second-order valence-corrected chi connectivity index (χ2v) is 3.82. The molecule has 1 aliphatic heterocycles. The summed E-state index contributed by atoms with van der Waals surface area (Å²) < 4.78 is 26.1. The molecule has 1 aromatic heterocycles. The van der Waals surface area contributed by atoms with E-state index in [1.165, 1.54) is 0 Å². The molecule has 0 amide bonds. The number of rotatable bonds is 3. The van der Waals surface area contributed by atoms with Gasteiger partial charge in [-0.3, -0.25) is 9.88 Å². The van der Waals surface area contributed by atoms with E-state index in [4.69, 9.17) is 0 Å². The van der Waals surface area contributed by atoms with Gasteiger partial charge in [-0.2, -0.15) is 0 Å². The van der Waals surface area contributed by atoms with Gasteiger partial charge in [0.15, 0.2) is 0 Å². The molecule has 0 radical (unpaired) electrons. The standard InChI is InChI=1S/C11H15F2N3/c12-11(13)10(9-3-1-2-4-15-9)16-7-5-14-6-8-16/h1-4,10-11,14H,5-8H2/t10-/m0/s1. The summed E-state index contributed by atoms with van der Waals surface area (Å²) in [5.74, 6) is 0. The maximum Gasteiger partial charge on any atom is 0.259 e. The number of alkyl halides is 2. The third-order valence-corrected chi connectivity index (χ3v) is 2.77. The van der Waals surface area contributed by atoms with Gasteiger partial charge in [-0.15, -0.1) is 0 Å². The van der Waals surface area contributed by atoms with E-state index >= 15 is 0 Å². The van der Waals surface area contributed by atoms with E-state index in [0.29, 0.717) is 18.8 Å². The van der Waals surface area contributed by atoms with Crippen molar-refractivity contribution in [2.45, 2.75) is 12.5 Å². The Morgan fingerprint density at radius 2 is 2.00 bits per heavy atom. The van der Waals surface area contributed by atoms with E-state index < -0.39 is 12.5 Å². The van der Waals surface area contributed by atoms with E-state index in [1.807, 2.05) is 0 Å². The summed E-state index contributed by atoms with van der Waals surface area (Å²) in [4.78, 5) is 5.83. The highest BCUT2D eigenvalue weighted by Gasteiger charge is 2.30. The van der Waals surface area contributed by atoms with Crippen LogP contribution in [-0.2, 0) is 0 Å². The van der Waals surface area contributed by atoms with Gasteiger partial charge in [0, 0.05) is 32.4 Å². The molecule has 1 saturated heterocycles. The number of piperazine rings is 1. The molecule has 1 atom stereocenters. The zero-order valence-corrected chi connectivity index (χ0v) is 8.94. The van der Waals surface area contributed by atoms with Gasteiger partial charge in [0.05, 0.1) is 5.69 Å².